The summed E-state index contributed by atoms with van der Waals surface area (Å²) >= 11 is 0. The smallest absolute Gasteiger partial charge is 0.214 e. The van der Waals surface area contributed by atoms with Gasteiger partial charge in [0, 0.05) is 6.04 Å². The molecular weight excluding hydrogens is 188 g/mol. The van der Waals surface area contributed by atoms with E-state index in [1.807, 2.05) is 6.92 Å². The van der Waals surface area contributed by atoms with Crippen LogP contribution < -0.4 is 10.5 Å². The maximum absolute atomic E-state index is 11.4. The van der Waals surface area contributed by atoms with Gasteiger partial charge >= 0.3 is 0 Å². The van der Waals surface area contributed by atoms with Crippen molar-refractivity contribution < 1.29 is 8.42 Å². The lowest BCUT2D eigenvalue weighted by Crippen LogP contribution is -2.35. The summed E-state index contributed by atoms with van der Waals surface area (Å²) in [5.41, 5.74) is 5.34. The largest absolute Gasteiger partial charge is 0.330 e. The molecule has 78 valence electrons. The summed E-state index contributed by atoms with van der Waals surface area (Å²) in [6.45, 7) is 2.51. The summed E-state index contributed by atoms with van der Waals surface area (Å²) in [5, 5.41) is -0.118. The minimum Gasteiger partial charge on any atom is -0.330 e. The summed E-state index contributed by atoms with van der Waals surface area (Å²) in [4.78, 5) is 0. The Morgan fingerprint density at radius 1 is 1.54 bits per heavy atom. The van der Waals surface area contributed by atoms with E-state index in [1.54, 1.807) is 0 Å². The van der Waals surface area contributed by atoms with Crippen LogP contribution in [0.25, 0.3) is 0 Å². The molecule has 0 amide bonds. The molecule has 1 aliphatic carbocycles. The maximum atomic E-state index is 11.4. The quantitative estimate of drug-likeness (QED) is 0.652. The van der Waals surface area contributed by atoms with Crippen LogP contribution in [0.4, 0.5) is 0 Å². The lowest BCUT2D eigenvalue weighted by Gasteiger charge is -2.12. The highest BCUT2D eigenvalue weighted by Crippen LogP contribution is 2.27. The van der Waals surface area contributed by atoms with Crippen LogP contribution in [-0.2, 0) is 10.0 Å². The van der Waals surface area contributed by atoms with Crippen LogP contribution in [0.5, 0.6) is 0 Å². The molecule has 0 aromatic carbocycles. The Bertz CT molecular complexity index is 247. The Morgan fingerprint density at radius 2 is 2.15 bits per heavy atom. The number of sulfonamides is 1. The molecule has 13 heavy (non-hydrogen) atoms. The standard InChI is InChI=1S/C8H18N2O2S/c1-7(3-2-6-9)10-13(11,12)8-4-5-8/h7-8,10H,2-6,9H2,1H3. The highest BCUT2D eigenvalue weighted by molar-refractivity contribution is 7.90. The minimum absolute atomic E-state index is 0.0224. The van der Waals surface area contributed by atoms with Crippen LogP contribution >= 0.6 is 0 Å². The summed E-state index contributed by atoms with van der Waals surface area (Å²) in [5.74, 6) is 0. The van der Waals surface area contributed by atoms with Gasteiger partial charge in [0.25, 0.3) is 0 Å². The van der Waals surface area contributed by atoms with Gasteiger partial charge in [-0.05, 0) is 39.2 Å². The van der Waals surface area contributed by atoms with Crippen molar-refractivity contribution in [1.29, 1.82) is 0 Å². The lowest BCUT2D eigenvalue weighted by molar-refractivity contribution is 0.538. The molecule has 3 N–H and O–H groups in total. The van der Waals surface area contributed by atoms with Crippen LogP contribution in [0.3, 0.4) is 0 Å². The van der Waals surface area contributed by atoms with E-state index in [4.69, 9.17) is 5.73 Å². The van der Waals surface area contributed by atoms with Gasteiger partial charge in [0.15, 0.2) is 0 Å². The summed E-state index contributed by atoms with van der Waals surface area (Å²) in [6.07, 6.45) is 3.33. The normalized spacial score (nSPS) is 20.2. The SMILES string of the molecule is CC(CCCN)NS(=O)(=O)C1CC1. The third-order valence-electron chi connectivity index (χ3n) is 2.17. The monoisotopic (exact) mass is 206 g/mol. The van der Waals surface area contributed by atoms with Gasteiger partial charge in [-0.3, -0.25) is 0 Å². The Morgan fingerprint density at radius 3 is 2.62 bits per heavy atom. The molecule has 1 saturated carbocycles. The van der Waals surface area contributed by atoms with Crippen molar-refractivity contribution in [2.24, 2.45) is 5.73 Å². The molecule has 0 saturated heterocycles. The van der Waals surface area contributed by atoms with Crippen molar-refractivity contribution in [2.45, 2.75) is 43.9 Å². The Kier molecular flexibility index (Phi) is 3.70. The topological polar surface area (TPSA) is 72.2 Å². The van der Waals surface area contributed by atoms with Gasteiger partial charge in [0.2, 0.25) is 10.0 Å². The number of nitrogens with one attached hydrogen (secondary N) is 1. The molecule has 1 aliphatic rings. The predicted octanol–water partition coefficient (Wildman–Crippen LogP) is 0.196. The fourth-order valence-corrected chi connectivity index (χ4v) is 2.87. The van der Waals surface area contributed by atoms with Gasteiger partial charge in [-0.1, -0.05) is 0 Å². The van der Waals surface area contributed by atoms with Crippen LogP contribution in [-0.4, -0.2) is 26.3 Å². The van der Waals surface area contributed by atoms with Crippen molar-refractivity contribution in [3.8, 4) is 0 Å². The Labute approximate surface area is 79.9 Å². The predicted molar refractivity (Wildman–Crippen MR) is 52.8 cm³/mol. The maximum Gasteiger partial charge on any atom is 0.214 e. The first kappa shape index (κ1) is 10.9. The van der Waals surface area contributed by atoms with E-state index >= 15 is 0 Å². The van der Waals surface area contributed by atoms with Crippen molar-refractivity contribution in [3.63, 3.8) is 0 Å². The molecule has 1 unspecified atom stereocenters. The molecule has 0 spiro atoms. The number of nitrogens with two attached hydrogens (primary N) is 1. The highest BCUT2D eigenvalue weighted by Gasteiger charge is 2.36. The van der Waals surface area contributed by atoms with Gasteiger partial charge in [-0.15, -0.1) is 0 Å². The highest BCUT2D eigenvalue weighted by atomic mass is 32.2. The second-order valence-corrected chi connectivity index (χ2v) is 5.69. The van der Waals surface area contributed by atoms with Crippen molar-refractivity contribution in [1.82, 2.24) is 4.72 Å². The average Bonchev–Trinajstić information content (AvgIpc) is 2.81. The molecule has 1 fully saturated rings. The van der Waals surface area contributed by atoms with Crippen LogP contribution in [0.2, 0.25) is 0 Å². The molecule has 0 heterocycles. The number of rotatable bonds is 6. The molecule has 1 rings (SSSR count). The number of hydrogen-bond acceptors (Lipinski definition) is 3. The molecule has 0 aromatic rings. The molecular formula is C8H18N2O2S. The molecule has 1 atom stereocenters. The van der Waals surface area contributed by atoms with Gasteiger partial charge in [-0.25, -0.2) is 13.1 Å². The second kappa shape index (κ2) is 4.39. The summed E-state index contributed by atoms with van der Waals surface area (Å²) < 4.78 is 25.5. The molecule has 0 aromatic heterocycles. The fraction of sp³-hybridized carbons (Fsp3) is 1.00. The van der Waals surface area contributed by atoms with Crippen molar-refractivity contribution in [2.75, 3.05) is 6.54 Å². The second-order valence-electron chi connectivity index (χ2n) is 3.69. The van der Waals surface area contributed by atoms with E-state index in [-0.39, 0.29) is 11.3 Å². The lowest BCUT2D eigenvalue weighted by atomic mass is 10.2. The average molecular weight is 206 g/mol. The van der Waals surface area contributed by atoms with Gasteiger partial charge < -0.3 is 5.73 Å². The zero-order valence-corrected chi connectivity index (χ0v) is 8.81. The van der Waals surface area contributed by atoms with Gasteiger partial charge in [-0.2, -0.15) is 0 Å². The first-order valence-electron chi connectivity index (χ1n) is 4.77. The van der Waals surface area contributed by atoms with Crippen LogP contribution in [0, 0.1) is 0 Å². The van der Waals surface area contributed by atoms with E-state index in [9.17, 15) is 8.42 Å². The van der Waals surface area contributed by atoms with E-state index in [1.165, 1.54) is 0 Å². The van der Waals surface area contributed by atoms with Crippen LogP contribution in [0.1, 0.15) is 32.6 Å². The third-order valence-corrected chi connectivity index (χ3v) is 4.25. The molecule has 0 bridgehead atoms. The zero-order chi connectivity index (χ0) is 9.90. The Hall–Kier alpha value is -0.130. The van der Waals surface area contributed by atoms with Crippen LogP contribution in [0.15, 0.2) is 0 Å². The van der Waals surface area contributed by atoms with E-state index in [0.29, 0.717) is 6.54 Å². The summed E-state index contributed by atoms with van der Waals surface area (Å²) in [6, 6.07) is 0.0224. The molecule has 5 heteroatoms. The van der Waals surface area contributed by atoms with E-state index < -0.39 is 10.0 Å². The zero-order valence-electron chi connectivity index (χ0n) is 7.99. The summed E-state index contributed by atoms with van der Waals surface area (Å²) in [7, 11) is -3.01. The first-order valence-corrected chi connectivity index (χ1v) is 6.32. The fourth-order valence-electron chi connectivity index (χ4n) is 1.24. The van der Waals surface area contributed by atoms with Crippen molar-refractivity contribution >= 4 is 10.0 Å². The minimum atomic E-state index is -3.01. The first-order chi connectivity index (χ1) is 6.06. The van der Waals surface area contributed by atoms with Gasteiger partial charge in [0.05, 0.1) is 5.25 Å². The molecule has 0 radical (unpaired) electrons. The Balaban J connectivity index is 2.30. The van der Waals surface area contributed by atoms with E-state index in [2.05, 4.69) is 4.72 Å². The van der Waals surface area contributed by atoms with Gasteiger partial charge in [0.1, 0.15) is 0 Å². The van der Waals surface area contributed by atoms with Crippen molar-refractivity contribution in [3.05, 3.63) is 0 Å². The van der Waals surface area contributed by atoms with E-state index in [0.717, 1.165) is 25.7 Å². The number of hydrogen-bond donors (Lipinski definition) is 2. The molecule has 0 aliphatic heterocycles. The third kappa shape index (κ3) is 3.62. The molecule has 4 nitrogen and oxygen atoms in total.